The van der Waals surface area contributed by atoms with Gasteiger partial charge in [0.1, 0.15) is 11.5 Å². The molecule has 0 aliphatic heterocycles. The van der Waals surface area contributed by atoms with E-state index in [1.807, 2.05) is 6.92 Å². The first-order chi connectivity index (χ1) is 11.5. The second-order valence-corrected chi connectivity index (χ2v) is 5.51. The highest BCUT2D eigenvalue weighted by atomic mass is 35.5. The summed E-state index contributed by atoms with van der Waals surface area (Å²) < 4.78 is 17.0. The van der Waals surface area contributed by atoms with Crippen molar-refractivity contribution < 1.29 is 9.18 Å². The lowest BCUT2D eigenvalue weighted by Crippen LogP contribution is -2.14. The molecule has 124 valence electrons. The van der Waals surface area contributed by atoms with Crippen molar-refractivity contribution >= 4 is 23.2 Å². The summed E-state index contributed by atoms with van der Waals surface area (Å²) in [7, 11) is 0. The Morgan fingerprint density at radius 2 is 2.21 bits per heavy atom. The zero-order valence-corrected chi connectivity index (χ0v) is 13.8. The minimum atomic E-state index is -0.549. The predicted molar refractivity (Wildman–Crippen MR) is 86.9 cm³/mol. The molecule has 0 aliphatic rings. The average Bonchev–Trinajstić information content (AvgIpc) is 3.14. The van der Waals surface area contributed by atoms with E-state index in [4.69, 9.17) is 11.6 Å². The van der Waals surface area contributed by atoms with Crippen LogP contribution in [-0.4, -0.2) is 30.7 Å². The zero-order chi connectivity index (χ0) is 17.3. The van der Waals surface area contributed by atoms with Crippen molar-refractivity contribution in [2.24, 2.45) is 0 Å². The molecule has 1 aromatic carbocycles. The number of aromatic nitrogens is 5. The van der Waals surface area contributed by atoms with Gasteiger partial charge in [-0.2, -0.15) is 5.10 Å². The highest BCUT2D eigenvalue weighted by Gasteiger charge is 2.19. The van der Waals surface area contributed by atoms with Crippen molar-refractivity contribution in [2.45, 2.75) is 20.4 Å². The number of nitrogens with zero attached hydrogens (tertiary/aromatic N) is 5. The summed E-state index contributed by atoms with van der Waals surface area (Å²) in [5.41, 5.74) is 1.24. The highest BCUT2D eigenvalue weighted by Crippen LogP contribution is 2.20. The van der Waals surface area contributed by atoms with Crippen LogP contribution in [0.2, 0.25) is 5.02 Å². The molecule has 0 spiro atoms. The Hall–Kier alpha value is -2.74. The number of anilines is 1. The summed E-state index contributed by atoms with van der Waals surface area (Å²) in [6.07, 6.45) is 3.25. The van der Waals surface area contributed by atoms with Crippen LogP contribution >= 0.6 is 11.6 Å². The molecule has 9 heteroatoms. The molecule has 3 rings (SSSR count). The van der Waals surface area contributed by atoms with E-state index in [0.717, 1.165) is 0 Å². The van der Waals surface area contributed by atoms with Crippen LogP contribution in [0, 0.1) is 12.7 Å². The summed E-state index contributed by atoms with van der Waals surface area (Å²) in [6, 6.07) is 4.20. The first-order valence-corrected chi connectivity index (χ1v) is 7.59. The van der Waals surface area contributed by atoms with Gasteiger partial charge < -0.3 is 5.32 Å². The number of halogens is 2. The lowest BCUT2D eigenvalue weighted by molar-refractivity contribution is 0.102. The maximum Gasteiger partial charge on any atom is 0.278 e. The van der Waals surface area contributed by atoms with Gasteiger partial charge in [-0.25, -0.2) is 9.07 Å². The van der Waals surface area contributed by atoms with Gasteiger partial charge in [0.25, 0.3) is 5.91 Å². The van der Waals surface area contributed by atoms with Crippen molar-refractivity contribution in [1.29, 1.82) is 0 Å². The minimum absolute atomic E-state index is 0.105. The van der Waals surface area contributed by atoms with Crippen molar-refractivity contribution in [3.63, 3.8) is 0 Å². The predicted octanol–water partition coefficient (Wildman–Crippen LogP) is 2.84. The van der Waals surface area contributed by atoms with Gasteiger partial charge in [-0.1, -0.05) is 16.8 Å². The topological polar surface area (TPSA) is 77.6 Å². The van der Waals surface area contributed by atoms with Crippen LogP contribution < -0.4 is 5.32 Å². The Kier molecular flexibility index (Phi) is 4.30. The molecule has 2 heterocycles. The number of rotatable bonds is 4. The third-order valence-corrected chi connectivity index (χ3v) is 3.70. The van der Waals surface area contributed by atoms with Crippen LogP contribution in [0.25, 0.3) is 5.69 Å². The SMILES string of the molecule is CCn1cc(NC(=O)c2nnn(-c3ccc(Cl)cc3F)c2C)cn1. The van der Waals surface area contributed by atoms with Crippen molar-refractivity contribution in [1.82, 2.24) is 24.8 Å². The molecule has 0 bridgehead atoms. The third kappa shape index (κ3) is 3.00. The molecule has 0 aliphatic carbocycles. The van der Waals surface area contributed by atoms with Gasteiger partial charge in [-0.05, 0) is 32.0 Å². The first kappa shape index (κ1) is 16.1. The molecule has 0 saturated heterocycles. The monoisotopic (exact) mass is 348 g/mol. The Morgan fingerprint density at radius 3 is 2.88 bits per heavy atom. The third-order valence-electron chi connectivity index (χ3n) is 3.46. The van der Waals surface area contributed by atoms with Gasteiger partial charge in [0.2, 0.25) is 0 Å². The summed E-state index contributed by atoms with van der Waals surface area (Å²) in [4.78, 5) is 12.3. The normalized spacial score (nSPS) is 10.8. The number of carbonyl (C=O) groups is 1. The van der Waals surface area contributed by atoms with Crippen LogP contribution in [0.4, 0.5) is 10.1 Å². The number of hydrogen-bond donors (Lipinski definition) is 1. The van der Waals surface area contributed by atoms with Crippen LogP contribution in [0.1, 0.15) is 23.1 Å². The van der Waals surface area contributed by atoms with Gasteiger partial charge in [0, 0.05) is 17.8 Å². The van der Waals surface area contributed by atoms with E-state index in [9.17, 15) is 9.18 Å². The smallest absolute Gasteiger partial charge is 0.278 e. The second kappa shape index (κ2) is 6.40. The van der Waals surface area contributed by atoms with Gasteiger partial charge in [0.15, 0.2) is 5.69 Å². The van der Waals surface area contributed by atoms with Gasteiger partial charge in [0.05, 0.1) is 17.6 Å². The molecule has 24 heavy (non-hydrogen) atoms. The number of aryl methyl sites for hydroxylation is 1. The second-order valence-electron chi connectivity index (χ2n) is 5.07. The maximum absolute atomic E-state index is 14.0. The molecular formula is C15H14ClFN6O. The van der Waals surface area contributed by atoms with Crippen LogP contribution in [0.5, 0.6) is 0 Å². The molecule has 2 aromatic heterocycles. The Labute approximate surface area is 142 Å². The maximum atomic E-state index is 14.0. The molecule has 0 atom stereocenters. The minimum Gasteiger partial charge on any atom is -0.318 e. The van der Waals surface area contributed by atoms with Crippen molar-refractivity contribution in [3.8, 4) is 5.69 Å². The number of benzene rings is 1. The molecule has 1 amide bonds. The molecule has 7 nitrogen and oxygen atoms in total. The number of amides is 1. The van der Waals surface area contributed by atoms with E-state index in [1.54, 1.807) is 30.1 Å². The van der Waals surface area contributed by atoms with E-state index in [1.165, 1.54) is 16.8 Å². The molecule has 3 aromatic rings. The average molecular weight is 349 g/mol. The Balaban J connectivity index is 1.87. The molecule has 0 fully saturated rings. The molecular weight excluding hydrogens is 335 g/mol. The largest absolute Gasteiger partial charge is 0.318 e. The summed E-state index contributed by atoms with van der Waals surface area (Å²) in [5, 5.41) is 14.8. The summed E-state index contributed by atoms with van der Waals surface area (Å²) in [6.45, 7) is 4.27. The van der Waals surface area contributed by atoms with E-state index in [2.05, 4.69) is 20.7 Å². The quantitative estimate of drug-likeness (QED) is 0.786. The fourth-order valence-corrected chi connectivity index (χ4v) is 2.37. The lowest BCUT2D eigenvalue weighted by atomic mass is 10.2. The lowest BCUT2D eigenvalue weighted by Gasteiger charge is -2.05. The Morgan fingerprint density at radius 1 is 1.42 bits per heavy atom. The first-order valence-electron chi connectivity index (χ1n) is 7.21. The zero-order valence-electron chi connectivity index (χ0n) is 13.0. The molecule has 0 radical (unpaired) electrons. The van der Waals surface area contributed by atoms with Crippen LogP contribution in [0.15, 0.2) is 30.6 Å². The van der Waals surface area contributed by atoms with E-state index < -0.39 is 11.7 Å². The molecule has 1 N–H and O–H groups in total. The fraction of sp³-hybridized carbons (Fsp3) is 0.200. The molecule has 0 saturated carbocycles. The van der Waals surface area contributed by atoms with Gasteiger partial charge in [-0.3, -0.25) is 9.48 Å². The van der Waals surface area contributed by atoms with E-state index in [-0.39, 0.29) is 16.4 Å². The van der Waals surface area contributed by atoms with Crippen molar-refractivity contribution in [3.05, 3.63) is 52.8 Å². The van der Waals surface area contributed by atoms with Gasteiger partial charge >= 0.3 is 0 Å². The summed E-state index contributed by atoms with van der Waals surface area (Å²) >= 11 is 5.75. The van der Waals surface area contributed by atoms with Crippen molar-refractivity contribution in [2.75, 3.05) is 5.32 Å². The van der Waals surface area contributed by atoms with E-state index in [0.29, 0.717) is 17.9 Å². The number of carbonyl (C=O) groups excluding carboxylic acids is 1. The highest BCUT2D eigenvalue weighted by molar-refractivity contribution is 6.30. The van der Waals surface area contributed by atoms with Crippen LogP contribution in [0.3, 0.4) is 0 Å². The number of hydrogen-bond acceptors (Lipinski definition) is 4. The summed E-state index contributed by atoms with van der Waals surface area (Å²) in [5.74, 6) is -0.990. The fourth-order valence-electron chi connectivity index (χ4n) is 2.21. The molecule has 0 unspecified atom stereocenters. The Bertz CT molecular complexity index is 903. The standard InChI is InChI=1S/C15H14ClFN6O/c1-3-22-8-11(7-18-22)19-15(24)14-9(2)23(21-20-14)13-5-4-10(16)6-12(13)17/h4-8H,3H2,1-2H3,(H,19,24). The van der Waals surface area contributed by atoms with Crippen LogP contribution in [-0.2, 0) is 6.54 Å². The van der Waals surface area contributed by atoms with Gasteiger partial charge in [-0.15, -0.1) is 5.10 Å². The van der Waals surface area contributed by atoms with E-state index >= 15 is 0 Å². The number of nitrogens with one attached hydrogen (secondary N) is 1.